The third-order valence-corrected chi connectivity index (χ3v) is 3.77. The molecule has 4 heteroatoms. The molecule has 0 atom stereocenters. The molecule has 0 aromatic carbocycles. The lowest BCUT2D eigenvalue weighted by molar-refractivity contribution is 0.0935. The van der Waals surface area contributed by atoms with Crippen LogP contribution in [0, 0.1) is 5.92 Å². The van der Waals surface area contributed by atoms with E-state index < -0.39 is 0 Å². The molecule has 0 bridgehead atoms. The SMILES string of the molecule is CCn1nccc1C(=O)NCC1CCCCCC1. The van der Waals surface area contributed by atoms with Gasteiger partial charge in [0.15, 0.2) is 0 Å². The van der Waals surface area contributed by atoms with Gasteiger partial charge < -0.3 is 5.32 Å². The van der Waals surface area contributed by atoms with Crippen LogP contribution in [0.5, 0.6) is 0 Å². The van der Waals surface area contributed by atoms with Crippen molar-refractivity contribution in [3.05, 3.63) is 18.0 Å². The van der Waals surface area contributed by atoms with Crippen LogP contribution in [0.4, 0.5) is 0 Å². The summed E-state index contributed by atoms with van der Waals surface area (Å²) in [6.45, 7) is 3.54. The Labute approximate surface area is 109 Å². The molecule has 1 aliphatic carbocycles. The highest BCUT2D eigenvalue weighted by atomic mass is 16.2. The summed E-state index contributed by atoms with van der Waals surface area (Å²) in [5.74, 6) is 0.674. The van der Waals surface area contributed by atoms with Crippen molar-refractivity contribution in [3.63, 3.8) is 0 Å². The maximum Gasteiger partial charge on any atom is 0.269 e. The summed E-state index contributed by atoms with van der Waals surface area (Å²) in [5.41, 5.74) is 0.672. The summed E-state index contributed by atoms with van der Waals surface area (Å²) >= 11 is 0. The van der Waals surface area contributed by atoms with Crippen molar-refractivity contribution in [1.29, 1.82) is 0 Å². The van der Waals surface area contributed by atoms with Crippen molar-refractivity contribution in [2.45, 2.75) is 52.0 Å². The number of hydrogen-bond acceptors (Lipinski definition) is 2. The van der Waals surface area contributed by atoms with Crippen molar-refractivity contribution >= 4 is 5.91 Å². The quantitative estimate of drug-likeness (QED) is 0.834. The van der Waals surface area contributed by atoms with E-state index in [0.717, 1.165) is 13.1 Å². The zero-order valence-electron chi connectivity index (χ0n) is 11.2. The van der Waals surface area contributed by atoms with E-state index in [1.165, 1.54) is 38.5 Å². The first-order valence-corrected chi connectivity index (χ1v) is 7.11. The second-order valence-corrected chi connectivity index (χ2v) is 5.10. The zero-order chi connectivity index (χ0) is 12.8. The predicted octanol–water partition coefficient (Wildman–Crippen LogP) is 2.60. The van der Waals surface area contributed by atoms with Gasteiger partial charge in [-0.05, 0) is 31.7 Å². The van der Waals surface area contributed by atoms with Crippen LogP contribution in [0.3, 0.4) is 0 Å². The summed E-state index contributed by atoms with van der Waals surface area (Å²) in [6.07, 6.45) is 9.53. The first-order valence-electron chi connectivity index (χ1n) is 7.11. The number of amides is 1. The van der Waals surface area contributed by atoms with Gasteiger partial charge in [-0.3, -0.25) is 9.48 Å². The summed E-state index contributed by atoms with van der Waals surface area (Å²) in [7, 11) is 0. The Morgan fingerprint density at radius 2 is 2.11 bits per heavy atom. The molecule has 1 amide bonds. The Kier molecular flexibility index (Phi) is 4.79. The summed E-state index contributed by atoms with van der Waals surface area (Å²) in [4.78, 5) is 12.0. The predicted molar refractivity (Wildman–Crippen MR) is 71.4 cm³/mol. The number of nitrogens with one attached hydrogen (secondary N) is 1. The van der Waals surface area contributed by atoms with Gasteiger partial charge in [-0.1, -0.05) is 25.7 Å². The van der Waals surface area contributed by atoms with E-state index >= 15 is 0 Å². The van der Waals surface area contributed by atoms with Crippen molar-refractivity contribution in [1.82, 2.24) is 15.1 Å². The second-order valence-electron chi connectivity index (χ2n) is 5.10. The third-order valence-electron chi connectivity index (χ3n) is 3.77. The van der Waals surface area contributed by atoms with Gasteiger partial charge in [0.25, 0.3) is 5.91 Å². The third kappa shape index (κ3) is 3.34. The number of nitrogens with zero attached hydrogens (tertiary/aromatic N) is 2. The van der Waals surface area contributed by atoms with E-state index in [1.807, 2.05) is 6.92 Å². The minimum atomic E-state index is 0.0126. The molecule has 0 saturated heterocycles. The summed E-state index contributed by atoms with van der Waals surface area (Å²) in [6, 6.07) is 1.78. The van der Waals surface area contributed by atoms with Crippen LogP contribution in [-0.4, -0.2) is 22.2 Å². The lowest BCUT2D eigenvalue weighted by Crippen LogP contribution is -2.30. The van der Waals surface area contributed by atoms with Gasteiger partial charge in [0.2, 0.25) is 0 Å². The molecule has 2 rings (SSSR count). The number of carbonyl (C=O) groups excluding carboxylic acids is 1. The van der Waals surface area contributed by atoms with Crippen molar-refractivity contribution < 1.29 is 4.79 Å². The number of aromatic nitrogens is 2. The van der Waals surface area contributed by atoms with E-state index in [2.05, 4.69) is 10.4 Å². The molecule has 0 aliphatic heterocycles. The average molecular weight is 249 g/mol. The average Bonchev–Trinajstić information content (AvgIpc) is 2.72. The Morgan fingerprint density at radius 1 is 1.39 bits per heavy atom. The largest absolute Gasteiger partial charge is 0.350 e. The lowest BCUT2D eigenvalue weighted by Gasteiger charge is -2.15. The number of hydrogen-bond donors (Lipinski definition) is 1. The van der Waals surface area contributed by atoms with Crippen LogP contribution >= 0.6 is 0 Å². The van der Waals surface area contributed by atoms with E-state index in [9.17, 15) is 4.79 Å². The Hall–Kier alpha value is -1.32. The fourth-order valence-corrected chi connectivity index (χ4v) is 2.67. The van der Waals surface area contributed by atoms with Gasteiger partial charge in [0.05, 0.1) is 0 Å². The highest BCUT2D eigenvalue weighted by molar-refractivity contribution is 5.92. The van der Waals surface area contributed by atoms with Gasteiger partial charge in [-0.15, -0.1) is 0 Å². The summed E-state index contributed by atoms with van der Waals surface area (Å²) in [5, 5.41) is 7.18. The molecule has 18 heavy (non-hydrogen) atoms. The number of aryl methyl sites for hydroxylation is 1. The molecule has 0 spiro atoms. The van der Waals surface area contributed by atoms with Crippen LogP contribution in [0.1, 0.15) is 55.9 Å². The van der Waals surface area contributed by atoms with Gasteiger partial charge in [-0.25, -0.2) is 0 Å². The number of rotatable bonds is 4. The fraction of sp³-hybridized carbons (Fsp3) is 0.714. The fourth-order valence-electron chi connectivity index (χ4n) is 2.67. The molecule has 1 aliphatic rings. The molecule has 4 nitrogen and oxygen atoms in total. The van der Waals surface area contributed by atoms with Crippen molar-refractivity contribution in [2.24, 2.45) is 5.92 Å². The van der Waals surface area contributed by atoms with Gasteiger partial charge in [0, 0.05) is 19.3 Å². The van der Waals surface area contributed by atoms with Gasteiger partial charge in [-0.2, -0.15) is 5.10 Å². The Balaban J connectivity index is 1.84. The molecular formula is C14H23N3O. The first-order chi connectivity index (χ1) is 8.81. The number of carbonyl (C=O) groups is 1. The molecule has 100 valence electrons. The van der Waals surface area contributed by atoms with E-state index in [-0.39, 0.29) is 5.91 Å². The maximum absolute atomic E-state index is 12.0. The smallest absolute Gasteiger partial charge is 0.269 e. The van der Waals surface area contributed by atoms with Crippen molar-refractivity contribution in [2.75, 3.05) is 6.54 Å². The maximum atomic E-state index is 12.0. The van der Waals surface area contributed by atoms with Gasteiger partial charge >= 0.3 is 0 Å². The first kappa shape index (κ1) is 13.1. The Bertz CT molecular complexity index is 378. The normalized spacial score (nSPS) is 17.4. The molecule has 1 N–H and O–H groups in total. The second kappa shape index (κ2) is 6.57. The zero-order valence-corrected chi connectivity index (χ0v) is 11.2. The molecular weight excluding hydrogens is 226 g/mol. The minimum Gasteiger partial charge on any atom is -0.350 e. The van der Waals surface area contributed by atoms with Crippen molar-refractivity contribution in [3.8, 4) is 0 Å². The topological polar surface area (TPSA) is 46.9 Å². The van der Waals surface area contributed by atoms with Crippen LogP contribution in [0.2, 0.25) is 0 Å². The molecule has 1 aromatic rings. The summed E-state index contributed by atoms with van der Waals surface area (Å²) < 4.78 is 1.74. The monoisotopic (exact) mass is 249 g/mol. The van der Waals surface area contributed by atoms with E-state index in [4.69, 9.17) is 0 Å². The molecule has 1 saturated carbocycles. The van der Waals surface area contributed by atoms with Crippen LogP contribution < -0.4 is 5.32 Å². The van der Waals surface area contributed by atoms with Gasteiger partial charge in [0.1, 0.15) is 5.69 Å². The van der Waals surface area contributed by atoms with Crippen LogP contribution in [-0.2, 0) is 6.54 Å². The molecule has 1 heterocycles. The lowest BCUT2D eigenvalue weighted by atomic mass is 10.0. The molecule has 1 aromatic heterocycles. The molecule has 1 fully saturated rings. The van der Waals surface area contributed by atoms with E-state index in [0.29, 0.717) is 11.6 Å². The molecule has 0 radical (unpaired) electrons. The van der Waals surface area contributed by atoms with Crippen LogP contribution in [0.15, 0.2) is 12.3 Å². The standard InChI is InChI=1S/C14H23N3O/c1-2-17-13(9-10-16-17)14(18)15-11-12-7-5-3-4-6-8-12/h9-10,12H,2-8,11H2,1H3,(H,15,18). The Morgan fingerprint density at radius 3 is 2.78 bits per heavy atom. The van der Waals surface area contributed by atoms with E-state index in [1.54, 1.807) is 16.9 Å². The minimum absolute atomic E-state index is 0.0126. The highest BCUT2D eigenvalue weighted by Gasteiger charge is 2.15. The van der Waals surface area contributed by atoms with Crippen LogP contribution in [0.25, 0.3) is 0 Å². The molecule has 0 unspecified atom stereocenters. The highest BCUT2D eigenvalue weighted by Crippen LogP contribution is 2.22.